The van der Waals surface area contributed by atoms with Crippen molar-refractivity contribution in [2.45, 2.75) is 0 Å². The molecule has 1 aromatic rings. The summed E-state index contributed by atoms with van der Waals surface area (Å²) >= 11 is 0. The number of primary amides is 1. The zero-order chi connectivity index (χ0) is 11.3. The van der Waals surface area contributed by atoms with Gasteiger partial charge in [-0.05, 0) is 17.7 Å². The van der Waals surface area contributed by atoms with Crippen LogP contribution in [0.1, 0.15) is 5.56 Å². The lowest BCUT2D eigenvalue weighted by Crippen LogP contribution is -2.99. The summed E-state index contributed by atoms with van der Waals surface area (Å²) in [6.45, 7) is 0. The van der Waals surface area contributed by atoms with Gasteiger partial charge in [0.2, 0.25) is 0 Å². The molecule has 1 rings (SSSR count). The Morgan fingerprint density at radius 2 is 2.13 bits per heavy atom. The Hall–Kier alpha value is -1.96. The van der Waals surface area contributed by atoms with E-state index < -0.39 is 11.3 Å². The summed E-state index contributed by atoms with van der Waals surface area (Å²) in [5.74, 6) is 0. The van der Waals surface area contributed by atoms with E-state index in [1.807, 2.05) is 5.43 Å². The first kappa shape index (κ1) is 11.1. The van der Waals surface area contributed by atoms with Crippen LogP contribution < -0.4 is 16.4 Å². The topological polar surface area (TPSA) is 115 Å². The van der Waals surface area contributed by atoms with Gasteiger partial charge in [0, 0.05) is 12.1 Å². The molecular weight excluding hydrogens is 200 g/mol. The molecule has 15 heavy (non-hydrogen) atoms. The summed E-state index contributed by atoms with van der Waals surface area (Å²) in [4.78, 5) is 10.3. The highest BCUT2D eigenvalue weighted by Gasteiger charge is 1.97. The maximum atomic E-state index is 10.5. The minimum Gasteiger partial charge on any atom is -0.595 e. The van der Waals surface area contributed by atoms with E-state index in [1.54, 1.807) is 12.1 Å². The second-order valence-electron chi connectivity index (χ2n) is 2.66. The zero-order valence-electron chi connectivity index (χ0n) is 7.68. The third kappa shape index (κ3) is 3.73. The molecule has 5 N–H and O–H groups in total. The van der Waals surface area contributed by atoms with Crippen LogP contribution in [0.15, 0.2) is 29.4 Å². The van der Waals surface area contributed by atoms with Crippen molar-refractivity contribution in [2.75, 3.05) is 0 Å². The average Bonchev–Trinajstić information content (AvgIpc) is 2.18. The predicted molar refractivity (Wildman–Crippen MR) is 52.5 cm³/mol. The number of carbonyl (C=O) groups is 1. The monoisotopic (exact) mass is 210 g/mol. The fourth-order valence-electron chi connectivity index (χ4n) is 0.882. The van der Waals surface area contributed by atoms with Crippen molar-refractivity contribution in [2.24, 2.45) is 10.8 Å². The molecule has 0 aliphatic rings. The third-order valence-corrected chi connectivity index (χ3v) is 1.55. The van der Waals surface area contributed by atoms with Crippen LogP contribution in [0.5, 0.6) is 0 Å². The van der Waals surface area contributed by atoms with Crippen LogP contribution in [0, 0.1) is 5.21 Å². The number of nitrogens with two attached hydrogens (primary N) is 1. The maximum absolute atomic E-state index is 10.5. The molecule has 0 radical (unpaired) electrons. The van der Waals surface area contributed by atoms with Crippen molar-refractivity contribution in [3.8, 4) is 0 Å². The van der Waals surface area contributed by atoms with Crippen molar-refractivity contribution < 1.29 is 15.2 Å². The minimum atomic E-state index is -0.992. The molecule has 80 valence electrons. The highest BCUT2D eigenvalue weighted by molar-refractivity contribution is 5.81. The molecule has 0 aliphatic carbocycles. The lowest BCUT2D eigenvalue weighted by molar-refractivity contribution is -0.991. The Morgan fingerprint density at radius 1 is 1.53 bits per heavy atom. The van der Waals surface area contributed by atoms with Crippen LogP contribution in [0.3, 0.4) is 0 Å². The van der Waals surface area contributed by atoms with Gasteiger partial charge in [-0.3, -0.25) is 0 Å². The fourth-order valence-corrected chi connectivity index (χ4v) is 0.882. The zero-order valence-corrected chi connectivity index (χ0v) is 7.68. The van der Waals surface area contributed by atoms with Gasteiger partial charge in [0.1, 0.15) is 0 Å². The lowest BCUT2D eigenvalue weighted by Gasteiger charge is -2.10. The number of nitrogens with zero attached hydrogens (tertiary/aromatic N) is 1. The van der Waals surface area contributed by atoms with Gasteiger partial charge in [-0.1, -0.05) is 0 Å². The number of carbonyl (C=O) groups excluding carboxylic acids is 1. The smallest absolute Gasteiger partial charge is 0.332 e. The average molecular weight is 210 g/mol. The number of hydrogen-bond acceptors (Lipinski definition) is 4. The molecule has 0 spiro atoms. The maximum Gasteiger partial charge on any atom is 0.332 e. The Morgan fingerprint density at radius 3 is 2.60 bits per heavy atom. The van der Waals surface area contributed by atoms with E-state index in [-0.39, 0.29) is 5.69 Å². The molecule has 2 amide bonds. The summed E-state index contributed by atoms with van der Waals surface area (Å²) < 4.78 is 0. The Balaban J connectivity index is 2.64. The van der Waals surface area contributed by atoms with E-state index in [9.17, 15) is 10.0 Å². The van der Waals surface area contributed by atoms with E-state index in [2.05, 4.69) is 5.10 Å². The van der Waals surface area contributed by atoms with Crippen LogP contribution >= 0.6 is 0 Å². The number of quaternary nitrogens is 1. The molecule has 7 heteroatoms. The first-order valence-corrected chi connectivity index (χ1v) is 4.01. The first-order valence-electron chi connectivity index (χ1n) is 4.01. The summed E-state index contributed by atoms with van der Waals surface area (Å²) in [6.07, 6.45) is 1.36. The molecule has 0 saturated carbocycles. The number of urea groups is 1. The van der Waals surface area contributed by atoms with Gasteiger partial charge in [0.05, 0.1) is 6.21 Å². The molecule has 1 aromatic carbocycles. The standard InChI is InChI=1S/C8H10N4O3/c9-8(13)11-10-5-6-1-3-7(4-2-6)12(14)15/h1-5,12,14H,(H3,9,11,13). The van der Waals surface area contributed by atoms with Gasteiger partial charge in [0.15, 0.2) is 5.69 Å². The van der Waals surface area contributed by atoms with Gasteiger partial charge in [0.25, 0.3) is 0 Å². The summed E-state index contributed by atoms with van der Waals surface area (Å²) in [5.41, 5.74) is 7.65. The summed E-state index contributed by atoms with van der Waals surface area (Å²) in [6, 6.07) is 5.25. The van der Waals surface area contributed by atoms with Crippen LogP contribution in [-0.2, 0) is 0 Å². The van der Waals surface area contributed by atoms with Gasteiger partial charge in [-0.25, -0.2) is 15.4 Å². The number of rotatable bonds is 3. The van der Waals surface area contributed by atoms with Crippen molar-refractivity contribution in [3.05, 3.63) is 35.0 Å². The third-order valence-electron chi connectivity index (χ3n) is 1.55. The molecule has 0 saturated heterocycles. The van der Waals surface area contributed by atoms with Crippen LogP contribution in [0.25, 0.3) is 0 Å². The number of hydrazone groups is 1. The minimum absolute atomic E-state index is 0.190. The Bertz CT molecular complexity index is 361. The van der Waals surface area contributed by atoms with E-state index in [4.69, 9.17) is 10.9 Å². The largest absolute Gasteiger partial charge is 0.595 e. The van der Waals surface area contributed by atoms with Gasteiger partial charge in [-0.2, -0.15) is 10.3 Å². The van der Waals surface area contributed by atoms with Crippen molar-refractivity contribution in [1.29, 1.82) is 0 Å². The van der Waals surface area contributed by atoms with Crippen molar-refractivity contribution in [1.82, 2.24) is 5.43 Å². The van der Waals surface area contributed by atoms with E-state index in [0.29, 0.717) is 5.56 Å². The summed E-state index contributed by atoms with van der Waals surface area (Å²) in [7, 11) is 0. The van der Waals surface area contributed by atoms with Gasteiger partial charge < -0.3 is 10.9 Å². The first-order chi connectivity index (χ1) is 7.09. The molecule has 0 heterocycles. The Kier molecular flexibility index (Phi) is 3.75. The second-order valence-corrected chi connectivity index (χ2v) is 2.66. The SMILES string of the molecule is NC(=O)NN=Cc1ccc([NH+]([O-])O)cc1. The van der Waals surface area contributed by atoms with E-state index >= 15 is 0 Å². The van der Waals surface area contributed by atoms with Crippen molar-refractivity contribution >= 4 is 17.9 Å². The molecule has 0 aromatic heterocycles. The van der Waals surface area contributed by atoms with Gasteiger partial charge >= 0.3 is 6.03 Å². The van der Waals surface area contributed by atoms with E-state index in [1.165, 1.54) is 18.3 Å². The normalized spacial score (nSPS) is 12.7. The van der Waals surface area contributed by atoms with Crippen LogP contribution in [0.4, 0.5) is 10.5 Å². The molecule has 7 nitrogen and oxygen atoms in total. The fraction of sp³-hybridized carbons (Fsp3) is 0. The van der Waals surface area contributed by atoms with Crippen LogP contribution in [0.2, 0.25) is 0 Å². The van der Waals surface area contributed by atoms with Crippen molar-refractivity contribution in [3.63, 3.8) is 0 Å². The molecule has 0 bridgehead atoms. The number of nitrogens with one attached hydrogen (secondary N) is 2. The number of hydrogen-bond donors (Lipinski definition) is 4. The molecule has 1 unspecified atom stereocenters. The number of benzene rings is 1. The second kappa shape index (κ2) is 5.05. The highest BCUT2D eigenvalue weighted by atomic mass is 16.8. The van der Waals surface area contributed by atoms with E-state index in [0.717, 1.165) is 0 Å². The molecule has 1 atom stereocenters. The molecule has 0 fully saturated rings. The molecule has 0 aliphatic heterocycles. The summed E-state index contributed by atoms with van der Waals surface area (Å²) in [5, 5.41) is 21.7. The van der Waals surface area contributed by atoms with Crippen LogP contribution in [-0.4, -0.2) is 17.5 Å². The molecular formula is C8H10N4O3. The Labute approximate surface area is 85.3 Å². The quantitative estimate of drug-likeness (QED) is 0.382. The lowest BCUT2D eigenvalue weighted by atomic mass is 10.2. The number of amides is 2. The highest BCUT2D eigenvalue weighted by Crippen LogP contribution is 2.02. The van der Waals surface area contributed by atoms with Gasteiger partial charge in [-0.15, -0.1) is 0 Å². The predicted octanol–water partition coefficient (Wildman–Crippen LogP) is -0.908.